The number of fused-ring (bicyclic) bond motifs is 3. The van der Waals surface area contributed by atoms with Crippen LogP contribution in [-0.4, -0.2) is 11.0 Å². The Bertz CT molecular complexity index is 557. The highest BCUT2D eigenvalue weighted by Crippen LogP contribution is 2.37. The van der Waals surface area contributed by atoms with E-state index in [9.17, 15) is 0 Å². The number of benzene rings is 1. The van der Waals surface area contributed by atoms with Crippen LogP contribution in [0.25, 0.3) is 11.3 Å². The van der Waals surface area contributed by atoms with Gasteiger partial charge in [0.25, 0.3) is 0 Å². The van der Waals surface area contributed by atoms with E-state index in [0.717, 1.165) is 11.6 Å². The van der Waals surface area contributed by atoms with Crippen LogP contribution in [0.5, 0.6) is 0 Å². The Hall–Kier alpha value is -1.35. The van der Waals surface area contributed by atoms with Gasteiger partial charge in [-0.1, -0.05) is 24.3 Å². The summed E-state index contributed by atoms with van der Waals surface area (Å²) < 4.78 is 0. The van der Waals surface area contributed by atoms with Crippen molar-refractivity contribution >= 4 is 16.5 Å². The molecule has 2 nitrogen and oxygen atoms in total. The van der Waals surface area contributed by atoms with Crippen LogP contribution in [-0.2, 0) is 12.8 Å². The van der Waals surface area contributed by atoms with Crippen molar-refractivity contribution in [3.8, 4) is 11.3 Å². The van der Waals surface area contributed by atoms with Gasteiger partial charge in [-0.3, -0.25) is 0 Å². The van der Waals surface area contributed by atoms with Crippen LogP contribution in [0, 0.1) is 0 Å². The van der Waals surface area contributed by atoms with Crippen LogP contribution in [0.4, 0.5) is 5.13 Å². The zero-order valence-corrected chi connectivity index (χ0v) is 11.7. The number of hydrogen-bond acceptors (Lipinski definition) is 3. The lowest BCUT2D eigenvalue weighted by Crippen LogP contribution is -2.09. The zero-order valence-electron chi connectivity index (χ0n) is 10.9. The Morgan fingerprint density at radius 2 is 2.06 bits per heavy atom. The van der Waals surface area contributed by atoms with E-state index in [1.165, 1.54) is 34.5 Å². The standard InChI is InChI=1S/C15H18N2S/c1-10(2)16-15-17-14-12-8-4-3-6-11(12)7-5-9-13(14)18-15/h3-4,6,8,10H,5,7,9H2,1-2H3,(H,16,17). The minimum atomic E-state index is 0.440. The molecule has 0 saturated carbocycles. The lowest BCUT2D eigenvalue weighted by Gasteiger charge is -2.06. The van der Waals surface area contributed by atoms with Crippen LogP contribution >= 0.6 is 11.3 Å². The van der Waals surface area contributed by atoms with Gasteiger partial charge < -0.3 is 5.32 Å². The molecular weight excluding hydrogens is 240 g/mol. The third-order valence-electron chi connectivity index (χ3n) is 3.23. The summed E-state index contributed by atoms with van der Waals surface area (Å²) in [5, 5.41) is 4.48. The van der Waals surface area contributed by atoms with Gasteiger partial charge in [-0.15, -0.1) is 11.3 Å². The van der Waals surface area contributed by atoms with Crippen LogP contribution in [0.2, 0.25) is 0 Å². The number of aryl methyl sites for hydroxylation is 2. The summed E-state index contributed by atoms with van der Waals surface area (Å²) >= 11 is 1.82. The van der Waals surface area contributed by atoms with Crippen molar-refractivity contribution in [2.75, 3.05) is 5.32 Å². The fraction of sp³-hybridized carbons (Fsp3) is 0.400. The molecule has 0 saturated heterocycles. The molecule has 1 aliphatic carbocycles. The molecule has 1 aromatic carbocycles. The SMILES string of the molecule is CC(C)Nc1nc2c(s1)CCCc1ccccc1-2. The number of nitrogens with one attached hydrogen (secondary N) is 1. The third-order valence-corrected chi connectivity index (χ3v) is 4.28. The van der Waals surface area contributed by atoms with Gasteiger partial charge in [0, 0.05) is 16.5 Å². The highest BCUT2D eigenvalue weighted by Gasteiger charge is 2.18. The number of nitrogens with zero attached hydrogens (tertiary/aromatic N) is 1. The van der Waals surface area contributed by atoms with Gasteiger partial charge in [-0.25, -0.2) is 4.98 Å². The van der Waals surface area contributed by atoms with Gasteiger partial charge >= 0.3 is 0 Å². The Balaban J connectivity index is 2.06. The van der Waals surface area contributed by atoms with E-state index in [1.54, 1.807) is 0 Å². The van der Waals surface area contributed by atoms with E-state index in [0.29, 0.717) is 6.04 Å². The molecule has 3 rings (SSSR count). The first-order chi connectivity index (χ1) is 8.74. The molecule has 1 aromatic heterocycles. The van der Waals surface area contributed by atoms with Crippen molar-refractivity contribution in [1.82, 2.24) is 4.98 Å². The second-order valence-electron chi connectivity index (χ2n) is 5.10. The minimum Gasteiger partial charge on any atom is -0.359 e. The number of thiazole rings is 1. The number of anilines is 1. The van der Waals surface area contributed by atoms with Crippen molar-refractivity contribution in [1.29, 1.82) is 0 Å². The summed E-state index contributed by atoms with van der Waals surface area (Å²) in [6.07, 6.45) is 3.56. The van der Waals surface area contributed by atoms with Gasteiger partial charge in [0.1, 0.15) is 0 Å². The molecule has 0 aliphatic heterocycles. The first-order valence-corrected chi connectivity index (χ1v) is 7.40. The molecule has 94 valence electrons. The molecule has 0 unspecified atom stereocenters. The van der Waals surface area contributed by atoms with E-state index in [4.69, 9.17) is 4.98 Å². The maximum Gasteiger partial charge on any atom is 0.183 e. The highest BCUT2D eigenvalue weighted by molar-refractivity contribution is 7.16. The molecule has 2 aromatic rings. The molecule has 0 spiro atoms. The van der Waals surface area contributed by atoms with E-state index in [1.807, 2.05) is 11.3 Å². The first-order valence-electron chi connectivity index (χ1n) is 6.58. The number of rotatable bonds is 2. The topological polar surface area (TPSA) is 24.9 Å². The van der Waals surface area contributed by atoms with E-state index in [2.05, 4.69) is 43.4 Å². The third kappa shape index (κ3) is 2.15. The van der Waals surface area contributed by atoms with Crippen LogP contribution in [0.15, 0.2) is 24.3 Å². The Kier molecular flexibility index (Phi) is 3.08. The Morgan fingerprint density at radius 1 is 1.22 bits per heavy atom. The van der Waals surface area contributed by atoms with Gasteiger partial charge in [-0.05, 0) is 38.7 Å². The molecule has 1 heterocycles. The van der Waals surface area contributed by atoms with Gasteiger partial charge in [0.05, 0.1) is 5.69 Å². The monoisotopic (exact) mass is 258 g/mol. The van der Waals surface area contributed by atoms with E-state index >= 15 is 0 Å². The minimum absolute atomic E-state index is 0.440. The van der Waals surface area contributed by atoms with Crippen molar-refractivity contribution in [2.24, 2.45) is 0 Å². The quantitative estimate of drug-likeness (QED) is 0.876. The van der Waals surface area contributed by atoms with Crippen molar-refractivity contribution in [2.45, 2.75) is 39.2 Å². The fourth-order valence-electron chi connectivity index (χ4n) is 2.45. The predicted octanol–water partition coefficient (Wildman–Crippen LogP) is 4.12. The predicted molar refractivity (Wildman–Crippen MR) is 78.3 cm³/mol. The largest absolute Gasteiger partial charge is 0.359 e. The maximum atomic E-state index is 4.80. The summed E-state index contributed by atoms with van der Waals surface area (Å²) in [5.74, 6) is 0. The molecule has 3 heteroatoms. The zero-order chi connectivity index (χ0) is 12.5. The molecular formula is C15H18N2S. The molecule has 0 bridgehead atoms. The molecule has 0 radical (unpaired) electrons. The summed E-state index contributed by atoms with van der Waals surface area (Å²) in [4.78, 5) is 6.23. The second kappa shape index (κ2) is 4.73. The smallest absolute Gasteiger partial charge is 0.183 e. The fourth-order valence-corrected chi connectivity index (χ4v) is 3.61. The summed E-state index contributed by atoms with van der Waals surface area (Å²) in [6, 6.07) is 9.12. The van der Waals surface area contributed by atoms with Gasteiger partial charge in [0.2, 0.25) is 0 Å². The Morgan fingerprint density at radius 3 is 2.89 bits per heavy atom. The molecule has 1 N–H and O–H groups in total. The molecule has 18 heavy (non-hydrogen) atoms. The lowest BCUT2D eigenvalue weighted by atomic mass is 10.0. The van der Waals surface area contributed by atoms with Crippen molar-refractivity contribution in [3.05, 3.63) is 34.7 Å². The summed E-state index contributed by atoms with van der Waals surface area (Å²) in [6.45, 7) is 4.31. The van der Waals surface area contributed by atoms with Gasteiger partial charge in [0.15, 0.2) is 5.13 Å². The number of aromatic nitrogens is 1. The molecule has 1 aliphatic rings. The van der Waals surface area contributed by atoms with E-state index in [-0.39, 0.29) is 0 Å². The maximum absolute atomic E-state index is 4.80. The second-order valence-corrected chi connectivity index (χ2v) is 6.18. The molecule has 0 fully saturated rings. The van der Waals surface area contributed by atoms with E-state index < -0.39 is 0 Å². The molecule has 0 amide bonds. The van der Waals surface area contributed by atoms with Crippen molar-refractivity contribution < 1.29 is 0 Å². The molecule has 0 atom stereocenters. The summed E-state index contributed by atoms with van der Waals surface area (Å²) in [5.41, 5.74) is 3.98. The van der Waals surface area contributed by atoms with Crippen LogP contribution in [0.1, 0.15) is 30.7 Å². The van der Waals surface area contributed by atoms with Crippen LogP contribution < -0.4 is 5.32 Å². The Labute approximate surface area is 112 Å². The highest BCUT2D eigenvalue weighted by atomic mass is 32.1. The average molecular weight is 258 g/mol. The lowest BCUT2D eigenvalue weighted by molar-refractivity contribution is 0.843. The average Bonchev–Trinajstić information content (AvgIpc) is 2.64. The summed E-state index contributed by atoms with van der Waals surface area (Å²) in [7, 11) is 0. The normalized spacial score (nSPS) is 13.9. The van der Waals surface area contributed by atoms with Crippen molar-refractivity contribution in [3.63, 3.8) is 0 Å². The van der Waals surface area contributed by atoms with Gasteiger partial charge in [-0.2, -0.15) is 0 Å². The van der Waals surface area contributed by atoms with Crippen LogP contribution in [0.3, 0.4) is 0 Å². The number of hydrogen-bond donors (Lipinski definition) is 1. The first kappa shape index (κ1) is 11.7.